The number of anilines is 2. The Kier molecular flexibility index (Phi) is 5.84. The molecule has 2 atom stereocenters. The first-order chi connectivity index (χ1) is 16.0. The molecule has 9 nitrogen and oxygen atoms in total. The number of aromatic nitrogens is 5. The highest BCUT2D eigenvalue weighted by atomic mass is 19.3. The fourth-order valence-corrected chi connectivity index (χ4v) is 4.11. The highest BCUT2D eigenvalue weighted by Crippen LogP contribution is 2.38. The minimum absolute atomic E-state index is 0.0317. The Balaban J connectivity index is 1.16. The number of alkyl halides is 2. The lowest BCUT2D eigenvalue weighted by atomic mass is 10.2. The van der Waals surface area contributed by atoms with Crippen molar-refractivity contribution in [2.75, 3.05) is 10.6 Å². The Bertz CT molecular complexity index is 1150. The quantitative estimate of drug-likeness (QED) is 0.533. The predicted molar refractivity (Wildman–Crippen MR) is 117 cm³/mol. The molecule has 2 aliphatic rings. The molecule has 0 aromatic carbocycles. The fourth-order valence-electron chi connectivity index (χ4n) is 4.11. The van der Waals surface area contributed by atoms with Crippen LogP contribution in [0.25, 0.3) is 5.82 Å². The highest BCUT2D eigenvalue weighted by Gasteiger charge is 2.27. The van der Waals surface area contributed by atoms with Crippen molar-refractivity contribution in [2.45, 2.75) is 56.7 Å². The van der Waals surface area contributed by atoms with Crippen LogP contribution < -0.4 is 20.9 Å². The maximum Gasteiger partial charge on any atom is 0.387 e. The molecule has 2 fully saturated rings. The second-order valence-corrected chi connectivity index (χ2v) is 8.29. The molecular weight excluding hydrogens is 432 g/mol. The first-order valence-electron chi connectivity index (χ1n) is 10.9. The molecule has 2 aliphatic carbocycles. The van der Waals surface area contributed by atoms with Crippen molar-refractivity contribution in [3.05, 3.63) is 59.0 Å². The molecule has 3 aromatic heterocycles. The summed E-state index contributed by atoms with van der Waals surface area (Å²) >= 11 is 0. The molecule has 2 saturated carbocycles. The normalized spacial score (nSPS) is 20.1. The smallest absolute Gasteiger partial charge is 0.387 e. The van der Waals surface area contributed by atoms with E-state index in [2.05, 4.69) is 35.3 Å². The molecule has 0 radical (unpaired) electrons. The number of rotatable bonds is 8. The predicted octanol–water partition coefficient (Wildman–Crippen LogP) is 3.34. The number of hydrogen-bond acceptors (Lipinski definition) is 8. The molecule has 0 amide bonds. The number of nitrogens with one attached hydrogen (secondary N) is 2. The minimum Gasteiger partial charge on any atom is -0.432 e. The van der Waals surface area contributed by atoms with Gasteiger partial charge in [-0.3, -0.25) is 9.36 Å². The van der Waals surface area contributed by atoms with Crippen LogP contribution in [0, 0.1) is 0 Å². The molecule has 2 N–H and O–H groups in total. The number of hydrogen-bond donors (Lipinski definition) is 2. The van der Waals surface area contributed by atoms with Crippen molar-refractivity contribution in [2.24, 2.45) is 0 Å². The maximum atomic E-state index is 12.7. The number of ether oxygens (including phenoxy) is 1. The van der Waals surface area contributed by atoms with Crippen LogP contribution in [0.15, 0.2) is 47.9 Å². The zero-order valence-corrected chi connectivity index (χ0v) is 17.7. The first kappa shape index (κ1) is 21.2. The van der Waals surface area contributed by atoms with Crippen LogP contribution in [0.5, 0.6) is 5.75 Å². The third-order valence-electron chi connectivity index (χ3n) is 5.85. The summed E-state index contributed by atoms with van der Waals surface area (Å²) < 4.78 is 30.2. The number of pyridine rings is 1. The van der Waals surface area contributed by atoms with Gasteiger partial charge in [-0.05, 0) is 44.1 Å². The largest absolute Gasteiger partial charge is 0.432 e. The van der Waals surface area contributed by atoms with Crippen LogP contribution in [0.3, 0.4) is 0 Å². The van der Waals surface area contributed by atoms with E-state index >= 15 is 0 Å². The Morgan fingerprint density at radius 3 is 2.39 bits per heavy atom. The summed E-state index contributed by atoms with van der Waals surface area (Å²) in [4.78, 5) is 29.6. The molecular formula is C22H23F2N7O2. The van der Waals surface area contributed by atoms with Crippen LogP contribution in [-0.4, -0.2) is 43.2 Å². The molecule has 33 heavy (non-hydrogen) atoms. The summed E-state index contributed by atoms with van der Waals surface area (Å²) in [5, 5.41) is 6.59. The lowest BCUT2D eigenvalue weighted by Gasteiger charge is -2.15. The fraction of sp³-hybridized carbons (Fsp3) is 0.409. The summed E-state index contributed by atoms with van der Waals surface area (Å²) in [6.07, 6.45) is 12.1. The van der Waals surface area contributed by atoms with Crippen molar-refractivity contribution in [1.29, 1.82) is 0 Å². The third-order valence-corrected chi connectivity index (χ3v) is 5.85. The van der Waals surface area contributed by atoms with Gasteiger partial charge in [0.2, 0.25) is 5.95 Å². The van der Waals surface area contributed by atoms with E-state index in [1.165, 1.54) is 17.0 Å². The van der Waals surface area contributed by atoms with Crippen LogP contribution in [0.1, 0.15) is 43.6 Å². The molecule has 0 unspecified atom stereocenters. The van der Waals surface area contributed by atoms with Gasteiger partial charge >= 0.3 is 6.61 Å². The van der Waals surface area contributed by atoms with E-state index in [-0.39, 0.29) is 23.4 Å². The third kappa shape index (κ3) is 5.07. The number of halogens is 2. The van der Waals surface area contributed by atoms with Gasteiger partial charge in [-0.1, -0.05) is 6.07 Å². The van der Waals surface area contributed by atoms with Gasteiger partial charge in [-0.25, -0.2) is 19.9 Å². The SMILES string of the molecule is O=c1c(C2CC2)cccn1-c1cnc(N[C@H]2CC[C@H](Nc3ncc(OC(F)F)cn3)C2)cn1. The Labute approximate surface area is 188 Å². The van der Waals surface area contributed by atoms with Gasteiger partial charge in [0.25, 0.3) is 5.56 Å². The van der Waals surface area contributed by atoms with E-state index in [4.69, 9.17) is 0 Å². The van der Waals surface area contributed by atoms with E-state index in [0.29, 0.717) is 23.5 Å². The lowest BCUT2D eigenvalue weighted by molar-refractivity contribution is -0.0503. The van der Waals surface area contributed by atoms with Crippen molar-refractivity contribution in [1.82, 2.24) is 24.5 Å². The van der Waals surface area contributed by atoms with E-state index in [0.717, 1.165) is 37.7 Å². The van der Waals surface area contributed by atoms with Gasteiger partial charge in [0.15, 0.2) is 11.6 Å². The van der Waals surface area contributed by atoms with Gasteiger partial charge in [-0.15, -0.1) is 0 Å². The molecule has 0 spiro atoms. The van der Waals surface area contributed by atoms with Crippen LogP contribution >= 0.6 is 0 Å². The zero-order valence-electron chi connectivity index (χ0n) is 17.7. The Morgan fingerprint density at radius 1 is 0.970 bits per heavy atom. The van der Waals surface area contributed by atoms with Crippen molar-refractivity contribution in [3.63, 3.8) is 0 Å². The number of nitrogens with zero attached hydrogens (tertiary/aromatic N) is 5. The van der Waals surface area contributed by atoms with Gasteiger partial charge in [0.05, 0.1) is 24.8 Å². The summed E-state index contributed by atoms with van der Waals surface area (Å²) in [5.41, 5.74) is 0.807. The minimum atomic E-state index is -2.90. The average Bonchev–Trinajstić information content (AvgIpc) is 3.56. The highest BCUT2D eigenvalue weighted by molar-refractivity contribution is 5.37. The van der Waals surface area contributed by atoms with Crippen LogP contribution in [0.4, 0.5) is 20.5 Å². The van der Waals surface area contributed by atoms with Gasteiger partial charge in [-0.2, -0.15) is 8.78 Å². The molecule has 0 bridgehead atoms. The van der Waals surface area contributed by atoms with Gasteiger partial charge in [0, 0.05) is 23.8 Å². The van der Waals surface area contributed by atoms with E-state index in [9.17, 15) is 13.6 Å². The van der Waals surface area contributed by atoms with Crippen LogP contribution in [-0.2, 0) is 0 Å². The van der Waals surface area contributed by atoms with Crippen molar-refractivity contribution < 1.29 is 13.5 Å². The molecule has 0 aliphatic heterocycles. The van der Waals surface area contributed by atoms with E-state index in [1.807, 2.05) is 12.1 Å². The van der Waals surface area contributed by atoms with E-state index < -0.39 is 6.61 Å². The molecule has 172 valence electrons. The van der Waals surface area contributed by atoms with Crippen molar-refractivity contribution in [3.8, 4) is 11.6 Å². The first-order valence-corrected chi connectivity index (χ1v) is 10.9. The van der Waals surface area contributed by atoms with Gasteiger partial charge < -0.3 is 15.4 Å². The molecule has 0 saturated heterocycles. The summed E-state index contributed by atoms with van der Waals surface area (Å²) in [5.74, 6) is 1.79. The molecule has 3 aromatic rings. The zero-order chi connectivity index (χ0) is 22.8. The summed E-state index contributed by atoms with van der Waals surface area (Å²) in [7, 11) is 0. The lowest BCUT2D eigenvalue weighted by Crippen LogP contribution is -2.23. The molecule has 3 heterocycles. The standard InChI is InChI=1S/C22H23F2N7O2/c23-21(24)33-16-9-27-22(28-10-16)30-15-6-5-14(8-15)29-18-11-26-19(12-25-18)31-7-1-2-17(20(31)32)13-3-4-13/h1-2,7,9-15,21H,3-6,8H2,(H,25,29)(H,27,28,30)/t14-,15-/m0/s1. The van der Waals surface area contributed by atoms with Gasteiger partial charge in [0.1, 0.15) is 5.82 Å². The maximum absolute atomic E-state index is 12.7. The topological polar surface area (TPSA) is 107 Å². The second kappa shape index (κ2) is 9.08. The Hall–Kier alpha value is -3.63. The molecule has 11 heteroatoms. The van der Waals surface area contributed by atoms with Crippen molar-refractivity contribution >= 4 is 11.8 Å². The molecule has 5 rings (SSSR count). The van der Waals surface area contributed by atoms with E-state index in [1.54, 1.807) is 18.6 Å². The summed E-state index contributed by atoms with van der Waals surface area (Å²) in [6, 6.07) is 4.09. The monoisotopic (exact) mass is 455 g/mol. The Morgan fingerprint density at radius 2 is 1.73 bits per heavy atom. The van der Waals surface area contributed by atoms with Crippen LogP contribution in [0.2, 0.25) is 0 Å². The second-order valence-electron chi connectivity index (χ2n) is 8.29. The summed E-state index contributed by atoms with van der Waals surface area (Å²) in [6.45, 7) is -2.90. The average molecular weight is 455 g/mol.